The first-order chi connectivity index (χ1) is 5.74. The van der Waals surface area contributed by atoms with Crippen molar-refractivity contribution in [1.29, 1.82) is 0 Å². The van der Waals surface area contributed by atoms with Crippen LogP contribution in [0.15, 0.2) is 29.3 Å². The smallest absolute Gasteiger partial charge is 0.285 e. The van der Waals surface area contributed by atoms with Crippen molar-refractivity contribution in [1.82, 2.24) is 4.98 Å². The van der Waals surface area contributed by atoms with E-state index in [9.17, 15) is 4.39 Å². The number of anilines is 1. The van der Waals surface area contributed by atoms with Gasteiger partial charge in [0.25, 0.3) is 6.01 Å². The minimum absolute atomic E-state index is 0.155. The Kier molecular flexibility index (Phi) is 3.04. The van der Waals surface area contributed by atoms with E-state index in [0.29, 0.717) is 0 Å². The number of nitrogens with two attached hydrogens (primary N) is 1. The Morgan fingerprint density at radius 2 is 2.50 bits per heavy atom. The maximum absolute atomic E-state index is 12.5. The SMILES string of the molecule is Nc1ncccc1O/C(F)=C\Br. The summed E-state index contributed by atoms with van der Waals surface area (Å²) in [6.45, 7) is 0. The third kappa shape index (κ3) is 2.20. The predicted octanol–water partition coefficient (Wildman–Crippen LogP) is 2.21. The fraction of sp³-hybridized carbons (Fsp3) is 0. The van der Waals surface area contributed by atoms with Crippen LogP contribution < -0.4 is 10.5 Å². The molecule has 0 aliphatic rings. The lowest BCUT2D eigenvalue weighted by Crippen LogP contribution is -1.96. The van der Waals surface area contributed by atoms with Gasteiger partial charge in [0.05, 0.1) is 4.99 Å². The summed E-state index contributed by atoms with van der Waals surface area (Å²) in [5.41, 5.74) is 5.38. The van der Waals surface area contributed by atoms with Crippen molar-refractivity contribution in [2.75, 3.05) is 5.73 Å². The highest BCUT2D eigenvalue weighted by atomic mass is 79.9. The standard InChI is InChI=1S/C7H6BrFN2O/c8-4-6(9)12-5-2-1-3-11-7(5)10/h1-4H,(H2,10,11)/b6-4-. The van der Waals surface area contributed by atoms with Crippen LogP contribution in [0.1, 0.15) is 0 Å². The number of hydrogen-bond donors (Lipinski definition) is 1. The normalized spacial score (nSPS) is 11.3. The average Bonchev–Trinajstić information content (AvgIpc) is 2.09. The van der Waals surface area contributed by atoms with Crippen LogP contribution in [0, 0.1) is 0 Å². The van der Waals surface area contributed by atoms with Gasteiger partial charge in [0.15, 0.2) is 11.6 Å². The van der Waals surface area contributed by atoms with Gasteiger partial charge in [-0.2, -0.15) is 4.39 Å². The highest BCUT2D eigenvalue weighted by molar-refractivity contribution is 9.11. The molecule has 0 atom stereocenters. The van der Waals surface area contributed by atoms with Crippen LogP contribution in [0.3, 0.4) is 0 Å². The Bertz CT molecular complexity index is 303. The van der Waals surface area contributed by atoms with E-state index in [2.05, 4.69) is 25.7 Å². The molecule has 0 aliphatic carbocycles. The molecule has 0 spiro atoms. The molecule has 3 nitrogen and oxygen atoms in total. The zero-order valence-corrected chi connectivity index (χ0v) is 7.58. The van der Waals surface area contributed by atoms with Crippen LogP contribution in [0.25, 0.3) is 0 Å². The first-order valence-electron chi connectivity index (χ1n) is 3.08. The van der Waals surface area contributed by atoms with Gasteiger partial charge < -0.3 is 10.5 Å². The lowest BCUT2D eigenvalue weighted by Gasteiger charge is -2.02. The van der Waals surface area contributed by atoms with Gasteiger partial charge in [-0.1, -0.05) is 15.9 Å². The van der Waals surface area contributed by atoms with Gasteiger partial charge in [0.1, 0.15) is 0 Å². The summed E-state index contributed by atoms with van der Waals surface area (Å²) in [5.74, 6) is 0.354. The molecule has 0 fully saturated rings. The van der Waals surface area contributed by atoms with Gasteiger partial charge in [0, 0.05) is 6.20 Å². The minimum atomic E-state index is -0.769. The second kappa shape index (κ2) is 4.06. The third-order valence-corrected chi connectivity index (χ3v) is 1.45. The molecule has 1 rings (SSSR count). The van der Waals surface area contributed by atoms with Crippen LogP contribution in [-0.4, -0.2) is 4.98 Å². The molecule has 1 heterocycles. The Morgan fingerprint density at radius 1 is 1.75 bits per heavy atom. The third-order valence-electron chi connectivity index (χ3n) is 1.09. The summed E-state index contributed by atoms with van der Waals surface area (Å²) in [7, 11) is 0. The highest BCUT2D eigenvalue weighted by Crippen LogP contribution is 2.20. The van der Waals surface area contributed by atoms with E-state index in [1.165, 1.54) is 12.3 Å². The van der Waals surface area contributed by atoms with Crippen molar-refractivity contribution >= 4 is 21.7 Å². The van der Waals surface area contributed by atoms with Crippen molar-refractivity contribution in [3.05, 3.63) is 29.3 Å². The summed E-state index contributed by atoms with van der Waals surface area (Å²) in [4.78, 5) is 4.72. The lowest BCUT2D eigenvalue weighted by molar-refractivity contribution is 0.304. The molecule has 2 N–H and O–H groups in total. The number of nitrogen functional groups attached to an aromatic ring is 1. The van der Waals surface area contributed by atoms with Gasteiger partial charge in [-0.3, -0.25) is 0 Å². The number of nitrogens with zero attached hydrogens (tertiary/aromatic N) is 1. The van der Waals surface area contributed by atoms with E-state index in [4.69, 9.17) is 5.73 Å². The van der Waals surface area contributed by atoms with E-state index in [1.807, 2.05) is 0 Å². The number of halogens is 2. The molecule has 64 valence electrons. The van der Waals surface area contributed by atoms with E-state index >= 15 is 0 Å². The van der Waals surface area contributed by atoms with Gasteiger partial charge in [-0.15, -0.1) is 0 Å². The molecule has 0 aliphatic heterocycles. The molecular weight excluding hydrogens is 227 g/mol. The monoisotopic (exact) mass is 232 g/mol. The predicted molar refractivity (Wildman–Crippen MR) is 47.4 cm³/mol. The fourth-order valence-electron chi connectivity index (χ4n) is 0.616. The molecule has 0 amide bonds. The lowest BCUT2D eigenvalue weighted by atomic mass is 10.4. The van der Waals surface area contributed by atoms with E-state index in [-0.39, 0.29) is 11.6 Å². The number of hydrogen-bond acceptors (Lipinski definition) is 3. The number of ether oxygens (including phenoxy) is 1. The van der Waals surface area contributed by atoms with Crippen molar-refractivity contribution in [3.8, 4) is 5.75 Å². The first kappa shape index (κ1) is 8.99. The molecule has 1 aromatic rings. The maximum atomic E-state index is 12.5. The molecule has 5 heteroatoms. The Hall–Kier alpha value is -1.10. The summed E-state index contributed by atoms with van der Waals surface area (Å²) < 4.78 is 17.2. The second-order valence-corrected chi connectivity index (χ2v) is 2.36. The van der Waals surface area contributed by atoms with Crippen LogP contribution >= 0.6 is 15.9 Å². The van der Waals surface area contributed by atoms with Crippen LogP contribution in [0.2, 0.25) is 0 Å². The molecule has 0 saturated carbocycles. The Morgan fingerprint density at radius 3 is 3.08 bits per heavy atom. The van der Waals surface area contributed by atoms with Crippen molar-refractivity contribution < 1.29 is 9.13 Å². The Balaban J connectivity index is 2.82. The fourth-order valence-corrected chi connectivity index (χ4v) is 0.710. The molecule has 12 heavy (non-hydrogen) atoms. The van der Waals surface area contributed by atoms with Crippen LogP contribution in [0.5, 0.6) is 5.75 Å². The minimum Gasteiger partial charge on any atom is -0.427 e. The van der Waals surface area contributed by atoms with Crippen molar-refractivity contribution in [2.24, 2.45) is 0 Å². The van der Waals surface area contributed by atoms with Crippen molar-refractivity contribution in [3.63, 3.8) is 0 Å². The summed E-state index contributed by atoms with van der Waals surface area (Å²) in [5, 5.41) is 0. The quantitative estimate of drug-likeness (QED) is 0.796. The van der Waals surface area contributed by atoms with E-state index in [0.717, 1.165) is 4.99 Å². The Labute approximate surface area is 77.2 Å². The summed E-state index contributed by atoms with van der Waals surface area (Å²) in [6.07, 6.45) is 1.50. The molecule has 0 unspecified atom stereocenters. The zero-order valence-electron chi connectivity index (χ0n) is 6.00. The second-order valence-electron chi connectivity index (χ2n) is 1.90. The number of rotatable bonds is 2. The average molecular weight is 233 g/mol. The van der Waals surface area contributed by atoms with Gasteiger partial charge in [-0.25, -0.2) is 4.98 Å². The van der Waals surface area contributed by atoms with Crippen molar-refractivity contribution in [2.45, 2.75) is 0 Å². The van der Waals surface area contributed by atoms with E-state index < -0.39 is 6.01 Å². The molecule has 1 aromatic heterocycles. The molecule has 0 aromatic carbocycles. The molecule has 0 bridgehead atoms. The van der Waals surface area contributed by atoms with Crippen LogP contribution in [-0.2, 0) is 0 Å². The summed E-state index contributed by atoms with van der Waals surface area (Å²) in [6, 6.07) is 2.36. The summed E-state index contributed by atoms with van der Waals surface area (Å²) >= 11 is 2.77. The first-order valence-corrected chi connectivity index (χ1v) is 4.00. The maximum Gasteiger partial charge on any atom is 0.285 e. The van der Waals surface area contributed by atoms with Gasteiger partial charge in [-0.05, 0) is 12.1 Å². The topological polar surface area (TPSA) is 48.1 Å². The van der Waals surface area contributed by atoms with Gasteiger partial charge >= 0.3 is 0 Å². The molecular formula is C7H6BrFN2O. The zero-order chi connectivity index (χ0) is 8.97. The molecule has 0 radical (unpaired) electrons. The highest BCUT2D eigenvalue weighted by Gasteiger charge is 2.02. The largest absolute Gasteiger partial charge is 0.427 e. The number of aromatic nitrogens is 1. The molecule has 0 saturated heterocycles. The van der Waals surface area contributed by atoms with Crippen LogP contribution in [0.4, 0.5) is 10.2 Å². The van der Waals surface area contributed by atoms with Gasteiger partial charge in [0.2, 0.25) is 0 Å². The number of pyridine rings is 1. The van der Waals surface area contributed by atoms with E-state index in [1.54, 1.807) is 6.07 Å².